The molecule has 3 aromatic carbocycles. The van der Waals surface area contributed by atoms with Crippen LogP contribution in [0.2, 0.25) is 5.02 Å². The predicted molar refractivity (Wildman–Crippen MR) is 159 cm³/mol. The quantitative estimate of drug-likeness (QED) is 0.129. The van der Waals surface area contributed by atoms with E-state index in [2.05, 4.69) is 15.9 Å². The number of halogens is 2. The number of imide groups is 1. The number of esters is 1. The van der Waals surface area contributed by atoms with E-state index in [1.165, 1.54) is 4.90 Å². The molecule has 0 spiro atoms. The fraction of sp³-hybridized carbons (Fsp3) is 0.219. The van der Waals surface area contributed by atoms with Gasteiger partial charge in [-0.3, -0.25) is 19.3 Å². The summed E-state index contributed by atoms with van der Waals surface area (Å²) in [7, 11) is 0. The number of nitrogens with zero attached hydrogens (tertiary/aromatic N) is 2. The summed E-state index contributed by atoms with van der Waals surface area (Å²) in [5.74, 6) is -1.72. The molecule has 9 heteroatoms. The van der Waals surface area contributed by atoms with Crippen LogP contribution in [0.1, 0.15) is 46.4 Å². The van der Waals surface area contributed by atoms with Crippen LogP contribution in [0.4, 0.5) is 5.69 Å². The highest BCUT2D eigenvalue weighted by atomic mass is 79.9. The Morgan fingerprint density at radius 3 is 2.22 bits per heavy atom. The van der Waals surface area contributed by atoms with Gasteiger partial charge in [0.05, 0.1) is 34.3 Å². The molecule has 7 nitrogen and oxygen atoms in total. The number of fused-ring (bicyclic) bond motifs is 2. The molecule has 0 N–H and O–H groups in total. The highest BCUT2D eigenvalue weighted by Crippen LogP contribution is 2.40. The Morgan fingerprint density at radius 2 is 1.56 bits per heavy atom. The zero-order valence-corrected chi connectivity index (χ0v) is 24.2. The summed E-state index contributed by atoms with van der Waals surface area (Å²) in [5.41, 5.74) is 2.87. The van der Waals surface area contributed by atoms with Crippen LogP contribution < -0.4 is 4.90 Å². The first kappa shape index (κ1) is 27.3. The van der Waals surface area contributed by atoms with Crippen LogP contribution in [-0.2, 0) is 14.3 Å². The number of rotatable bonds is 6. The van der Waals surface area contributed by atoms with Crippen molar-refractivity contribution < 1.29 is 23.9 Å². The molecule has 0 bridgehead atoms. The second-order valence-electron chi connectivity index (χ2n) is 10.3. The number of benzene rings is 3. The first-order valence-corrected chi connectivity index (χ1v) is 14.5. The summed E-state index contributed by atoms with van der Waals surface area (Å²) >= 11 is 9.56. The summed E-state index contributed by atoms with van der Waals surface area (Å²) < 4.78 is 6.25. The van der Waals surface area contributed by atoms with Gasteiger partial charge in [0.1, 0.15) is 0 Å². The van der Waals surface area contributed by atoms with Crippen molar-refractivity contribution in [3.63, 3.8) is 0 Å². The standard InChI is InChI=1S/C32H24BrClN2O5/c33-20-9-5-19(6-10-20)29(37)17-41-32(40)26-16-28(35-27-14-11-21(34)15-25(26)27)18-7-12-22(13-8-18)36-30(38)23-3-1-2-4-24(23)31(36)39/h5-16,23-24H,1-4,17H2. The van der Waals surface area contributed by atoms with E-state index in [9.17, 15) is 19.2 Å². The number of carbonyl (C=O) groups excluding carboxylic acids is 4. The van der Waals surface area contributed by atoms with Crippen molar-refractivity contribution in [1.82, 2.24) is 4.98 Å². The zero-order chi connectivity index (χ0) is 28.7. The molecule has 1 aliphatic heterocycles. The van der Waals surface area contributed by atoms with Gasteiger partial charge in [-0.25, -0.2) is 9.78 Å². The molecule has 1 aliphatic carbocycles. The third kappa shape index (κ3) is 5.29. The van der Waals surface area contributed by atoms with Gasteiger partial charge in [-0.2, -0.15) is 0 Å². The first-order valence-electron chi connectivity index (χ1n) is 13.3. The number of carbonyl (C=O) groups is 4. The van der Waals surface area contributed by atoms with Gasteiger partial charge >= 0.3 is 5.97 Å². The number of amides is 2. The molecule has 2 atom stereocenters. The van der Waals surface area contributed by atoms with Gasteiger partial charge in [-0.05, 0) is 61.4 Å². The SMILES string of the molecule is O=C(COC(=O)c1cc(-c2ccc(N3C(=O)C4CCCCC4C3=O)cc2)nc2ccc(Cl)cc12)c1ccc(Br)cc1. The molecule has 0 radical (unpaired) electrons. The van der Waals surface area contributed by atoms with E-state index in [-0.39, 0.29) is 35.0 Å². The van der Waals surface area contributed by atoms with Crippen LogP contribution in [0.3, 0.4) is 0 Å². The highest BCUT2D eigenvalue weighted by molar-refractivity contribution is 9.10. The minimum atomic E-state index is -0.682. The number of pyridine rings is 1. The third-order valence-corrected chi connectivity index (χ3v) is 8.52. The number of Topliss-reactive ketones (excluding diaryl/α,β-unsaturated/α-hetero) is 1. The van der Waals surface area contributed by atoms with Gasteiger partial charge in [0.25, 0.3) is 0 Å². The third-order valence-electron chi connectivity index (χ3n) is 7.75. The van der Waals surface area contributed by atoms with Gasteiger partial charge in [-0.15, -0.1) is 0 Å². The van der Waals surface area contributed by atoms with Crippen LogP contribution in [0, 0.1) is 11.8 Å². The maximum atomic E-state index is 13.2. The van der Waals surface area contributed by atoms with E-state index >= 15 is 0 Å². The molecule has 2 fully saturated rings. The molecule has 1 aromatic heterocycles. The minimum Gasteiger partial charge on any atom is -0.454 e. The molecule has 206 valence electrons. The average molecular weight is 632 g/mol. The monoisotopic (exact) mass is 630 g/mol. The van der Waals surface area contributed by atoms with Crippen LogP contribution >= 0.6 is 27.5 Å². The Labute approximate surface area is 249 Å². The predicted octanol–water partition coefficient (Wildman–Crippen LogP) is 7.04. The molecular weight excluding hydrogens is 608 g/mol. The van der Waals surface area contributed by atoms with Crippen LogP contribution in [0.25, 0.3) is 22.2 Å². The lowest BCUT2D eigenvalue weighted by Gasteiger charge is -2.19. The smallest absolute Gasteiger partial charge is 0.339 e. The molecule has 6 rings (SSSR count). The number of anilines is 1. The summed E-state index contributed by atoms with van der Waals surface area (Å²) in [6.45, 7) is -0.422. The Morgan fingerprint density at radius 1 is 0.902 bits per heavy atom. The first-order chi connectivity index (χ1) is 19.8. The van der Waals surface area contributed by atoms with E-state index in [4.69, 9.17) is 21.3 Å². The highest BCUT2D eigenvalue weighted by Gasteiger charge is 2.48. The normalized spacial score (nSPS) is 18.4. The van der Waals surface area contributed by atoms with E-state index in [0.717, 1.165) is 30.2 Å². The fourth-order valence-electron chi connectivity index (χ4n) is 5.64. The largest absolute Gasteiger partial charge is 0.454 e. The lowest BCUT2D eigenvalue weighted by molar-refractivity contribution is -0.122. The van der Waals surface area contributed by atoms with Crippen molar-refractivity contribution in [2.75, 3.05) is 11.5 Å². The average Bonchev–Trinajstić information content (AvgIpc) is 3.25. The van der Waals surface area contributed by atoms with Crippen LogP contribution in [0.15, 0.2) is 77.3 Å². The second-order valence-corrected chi connectivity index (χ2v) is 11.6. The Kier molecular flexibility index (Phi) is 7.45. The lowest BCUT2D eigenvalue weighted by Crippen LogP contribution is -2.30. The lowest BCUT2D eigenvalue weighted by atomic mass is 9.81. The topological polar surface area (TPSA) is 93.6 Å². The van der Waals surface area contributed by atoms with Crippen molar-refractivity contribution in [3.05, 3.63) is 93.4 Å². The molecule has 4 aromatic rings. The van der Waals surface area contributed by atoms with Gasteiger partial charge < -0.3 is 4.74 Å². The molecular formula is C32H24BrClN2O5. The van der Waals surface area contributed by atoms with Gasteiger partial charge in [0, 0.05) is 26.0 Å². The summed E-state index contributed by atoms with van der Waals surface area (Å²) in [6, 6.07) is 20.4. The van der Waals surface area contributed by atoms with Crippen LogP contribution in [0.5, 0.6) is 0 Å². The van der Waals surface area contributed by atoms with Gasteiger partial charge in [0.15, 0.2) is 12.4 Å². The van der Waals surface area contributed by atoms with Crippen molar-refractivity contribution in [3.8, 4) is 11.3 Å². The summed E-state index contributed by atoms with van der Waals surface area (Å²) in [6.07, 6.45) is 3.44. The zero-order valence-electron chi connectivity index (χ0n) is 21.8. The van der Waals surface area contributed by atoms with E-state index < -0.39 is 12.6 Å². The summed E-state index contributed by atoms with van der Waals surface area (Å²) in [5, 5.41) is 0.923. The molecule has 41 heavy (non-hydrogen) atoms. The Hall–Kier alpha value is -3.88. The maximum absolute atomic E-state index is 13.2. The molecule has 1 saturated heterocycles. The number of aromatic nitrogens is 1. The van der Waals surface area contributed by atoms with Crippen molar-refractivity contribution in [1.29, 1.82) is 0 Å². The number of hydrogen-bond donors (Lipinski definition) is 0. The van der Waals surface area contributed by atoms with Crippen molar-refractivity contribution in [2.45, 2.75) is 25.7 Å². The minimum absolute atomic E-state index is 0.129. The summed E-state index contributed by atoms with van der Waals surface area (Å²) in [4.78, 5) is 57.9. The molecule has 2 heterocycles. The molecule has 2 amide bonds. The van der Waals surface area contributed by atoms with E-state index in [1.54, 1.807) is 72.8 Å². The van der Waals surface area contributed by atoms with E-state index in [1.807, 2.05) is 0 Å². The molecule has 1 saturated carbocycles. The Balaban J connectivity index is 1.28. The molecule has 2 unspecified atom stereocenters. The van der Waals surface area contributed by atoms with Crippen LogP contribution in [-0.4, -0.2) is 35.2 Å². The number of hydrogen-bond acceptors (Lipinski definition) is 6. The van der Waals surface area contributed by atoms with Gasteiger partial charge in [-0.1, -0.05) is 64.6 Å². The second kappa shape index (κ2) is 11.2. The van der Waals surface area contributed by atoms with Crippen molar-refractivity contribution in [2.24, 2.45) is 11.8 Å². The fourth-order valence-corrected chi connectivity index (χ4v) is 6.08. The maximum Gasteiger partial charge on any atom is 0.339 e. The van der Waals surface area contributed by atoms with Crippen molar-refractivity contribution >= 4 is 67.7 Å². The Bertz CT molecular complexity index is 1680. The number of ketones is 1. The number of ether oxygens (including phenoxy) is 1. The molecule has 2 aliphatic rings. The van der Waals surface area contributed by atoms with E-state index in [0.29, 0.717) is 38.4 Å². The van der Waals surface area contributed by atoms with Gasteiger partial charge in [0.2, 0.25) is 11.8 Å².